The van der Waals surface area contributed by atoms with Gasteiger partial charge in [-0.15, -0.1) is 0 Å². The lowest BCUT2D eigenvalue weighted by atomic mass is 10.0. The Labute approximate surface area is 231 Å². The van der Waals surface area contributed by atoms with Crippen LogP contribution in [0.5, 0.6) is 0 Å². The van der Waals surface area contributed by atoms with Crippen LogP contribution in [0.4, 0.5) is 24.7 Å². The van der Waals surface area contributed by atoms with E-state index in [1.54, 1.807) is 29.2 Å². The molecule has 1 saturated heterocycles. The lowest BCUT2D eigenvalue weighted by Gasteiger charge is -2.36. The number of amides is 2. The number of nitrogens with one attached hydrogen (secondary N) is 2. The minimum Gasteiger partial charge on any atom is -0.343 e. The van der Waals surface area contributed by atoms with Crippen molar-refractivity contribution in [1.29, 1.82) is 5.26 Å². The summed E-state index contributed by atoms with van der Waals surface area (Å²) in [7, 11) is 0. The molecule has 4 aromatic rings. The van der Waals surface area contributed by atoms with Crippen LogP contribution in [0.3, 0.4) is 0 Å². The topological polar surface area (TPSA) is 159 Å². The van der Waals surface area contributed by atoms with Gasteiger partial charge in [-0.05, 0) is 30.2 Å². The number of imidazole rings is 1. The molecule has 1 aliphatic heterocycles. The van der Waals surface area contributed by atoms with E-state index in [-0.39, 0.29) is 53.7 Å². The number of nitrogens with zero attached hydrogens (tertiary/aromatic N) is 7. The van der Waals surface area contributed by atoms with Crippen LogP contribution in [0.25, 0.3) is 16.9 Å². The summed E-state index contributed by atoms with van der Waals surface area (Å²) in [5.74, 6) is -0.314. The standard InChI is InChI=1S/C26H25F3N10O2/c1-2-15-9-17(3-4-18(15)25(41)34-11-21(40)37-12-16(31)13-37)35-23-24-33-10-20(39(24)8-6-32-23)19-14-38(7-5-30)36-22(19)26(27,28)29/h3-4,6,8-10,14,16H,2,7,11-13,31H2,1H3,(H,32,35)(H,34,41). The fourth-order valence-corrected chi connectivity index (χ4v) is 4.58. The van der Waals surface area contributed by atoms with Gasteiger partial charge in [-0.3, -0.25) is 18.7 Å². The van der Waals surface area contributed by atoms with Crippen molar-refractivity contribution in [3.63, 3.8) is 0 Å². The zero-order valence-electron chi connectivity index (χ0n) is 21.8. The largest absolute Gasteiger partial charge is 0.435 e. The molecule has 1 fully saturated rings. The van der Waals surface area contributed by atoms with Crippen LogP contribution in [-0.4, -0.2) is 66.5 Å². The molecular weight excluding hydrogens is 541 g/mol. The van der Waals surface area contributed by atoms with Gasteiger partial charge in [0.1, 0.15) is 6.54 Å². The van der Waals surface area contributed by atoms with Crippen molar-refractivity contribution >= 4 is 29.0 Å². The van der Waals surface area contributed by atoms with E-state index in [4.69, 9.17) is 11.0 Å². The molecule has 0 unspecified atom stereocenters. The summed E-state index contributed by atoms with van der Waals surface area (Å²) in [6.07, 6.45) is 1.11. The van der Waals surface area contributed by atoms with E-state index >= 15 is 0 Å². The van der Waals surface area contributed by atoms with Crippen molar-refractivity contribution < 1.29 is 22.8 Å². The third-order valence-corrected chi connectivity index (χ3v) is 6.62. The first-order valence-corrected chi connectivity index (χ1v) is 12.6. The molecule has 41 heavy (non-hydrogen) atoms. The number of aromatic nitrogens is 5. The number of nitrogens with two attached hydrogens (primary N) is 1. The van der Waals surface area contributed by atoms with Crippen LogP contribution in [0.2, 0.25) is 0 Å². The molecule has 3 aromatic heterocycles. The predicted molar refractivity (Wildman–Crippen MR) is 141 cm³/mol. The molecule has 1 aliphatic rings. The Morgan fingerprint density at radius 1 is 1.24 bits per heavy atom. The average Bonchev–Trinajstić information content (AvgIpc) is 3.55. The maximum Gasteiger partial charge on any atom is 0.435 e. The van der Waals surface area contributed by atoms with Crippen molar-refractivity contribution in [2.24, 2.45) is 5.73 Å². The Balaban J connectivity index is 1.38. The van der Waals surface area contributed by atoms with E-state index in [1.807, 2.05) is 6.92 Å². The molecule has 212 valence electrons. The SMILES string of the molecule is CCc1cc(Nc2nccn3c(-c4cn(CC#N)nc4C(F)(F)F)cnc23)ccc1C(=O)NCC(=O)N1CC(N)C1. The molecule has 2 amide bonds. The summed E-state index contributed by atoms with van der Waals surface area (Å²) in [4.78, 5) is 35.1. The van der Waals surface area contributed by atoms with Gasteiger partial charge in [0.2, 0.25) is 5.91 Å². The normalized spacial score (nSPS) is 13.6. The van der Waals surface area contributed by atoms with Gasteiger partial charge in [-0.1, -0.05) is 6.92 Å². The summed E-state index contributed by atoms with van der Waals surface area (Å²) >= 11 is 0. The van der Waals surface area contributed by atoms with Crippen LogP contribution >= 0.6 is 0 Å². The molecule has 4 heterocycles. The highest BCUT2D eigenvalue weighted by molar-refractivity contribution is 5.98. The third-order valence-electron chi connectivity index (χ3n) is 6.62. The van der Waals surface area contributed by atoms with E-state index in [1.165, 1.54) is 23.0 Å². The maximum absolute atomic E-state index is 13.7. The number of rotatable bonds is 8. The lowest BCUT2D eigenvalue weighted by molar-refractivity contribution is -0.141. The Kier molecular flexibility index (Phi) is 7.33. The highest BCUT2D eigenvalue weighted by Crippen LogP contribution is 2.37. The van der Waals surface area contributed by atoms with Crippen LogP contribution in [0, 0.1) is 11.3 Å². The molecule has 0 atom stereocenters. The lowest BCUT2D eigenvalue weighted by Crippen LogP contribution is -2.59. The first kappa shape index (κ1) is 27.6. The molecule has 0 aliphatic carbocycles. The van der Waals surface area contributed by atoms with Gasteiger partial charge in [0.05, 0.1) is 30.1 Å². The average molecular weight is 567 g/mol. The van der Waals surface area contributed by atoms with E-state index in [2.05, 4.69) is 25.7 Å². The molecule has 0 spiro atoms. The number of likely N-dealkylation sites (tertiary alicyclic amines) is 1. The number of alkyl halides is 3. The van der Waals surface area contributed by atoms with Crippen LogP contribution in [0.1, 0.15) is 28.5 Å². The Bertz CT molecular complexity index is 1660. The zero-order chi connectivity index (χ0) is 29.3. The van der Waals surface area contributed by atoms with Crippen LogP contribution < -0.4 is 16.4 Å². The second-order valence-corrected chi connectivity index (χ2v) is 9.45. The second kappa shape index (κ2) is 10.9. The van der Waals surface area contributed by atoms with Gasteiger partial charge in [0.25, 0.3) is 5.91 Å². The molecule has 15 heteroatoms. The van der Waals surface area contributed by atoms with Gasteiger partial charge in [-0.2, -0.15) is 23.5 Å². The Morgan fingerprint density at radius 3 is 2.71 bits per heavy atom. The first-order chi connectivity index (χ1) is 19.6. The Morgan fingerprint density at radius 2 is 2.02 bits per heavy atom. The smallest absolute Gasteiger partial charge is 0.343 e. The van der Waals surface area contributed by atoms with Gasteiger partial charge in [0, 0.05) is 49.0 Å². The third kappa shape index (κ3) is 5.54. The zero-order valence-corrected chi connectivity index (χ0v) is 21.8. The van der Waals surface area contributed by atoms with Crippen molar-refractivity contribution in [2.45, 2.75) is 32.1 Å². The molecule has 4 N–H and O–H groups in total. The van der Waals surface area contributed by atoms with Crippen LogP contribution in [-0.2, 0) is 23.9 Å². The van der Waals surface area contributed by atoms with E-state index in [0.717, 1.165) is 10.9 Å². The fraction of sp³-hybridized carbons (Fsp3) is 0.308. The highest BCUT2D eigenvalue weighted by atomic mass is 19.4. The number of carbonyl (C=O) groups is 2. The quantitative estimate of drug-likeness (QED) is 0.293. The Hall–Kier alpha value is -4.97. The number of hydrogen-bond donors (Lipinski definition) is 3. The number of hydrogen-bond acceptors (Lipinski definition) is 8. The summed E-state index contributed by atoms with van der Waals surface area (Å²) in [5.41, 5.74) is 6.43. The predicted octanol–water partition coefficient (Wildman–Crippen LogP) is 2.34. The van der Waals surface area contributed by atoms with Crippen molar-refractivity contribution in [2.75, 3.05) is 25.0 Å². The van der Waals surface area contributed by atoms with Crippen molar-refractivity contribution in [3.8, 4) is 17.3 Å². The van der Waals surface area contributed by atoms with E-state index in [0.29, 0.717) is 36.3 Å². The number of nitriles is 1. The summed E-state index contributed by atoms with van der Waals surface area (Å²) in [6.45, 7) is 2.36. The molecule has 0 radical (unpaired) electrons. The number of aryl methyl sites for hydroxylation is 1. The highest BCUT2D eigenvalue weighted by Gasteiger charge is 2.38. The second-order valence-electron chi connectivity index (χ2n) is 9.45. The molecule has 5 rings (SSSR count). The number of benzene rings is 1. The number of anilines is 2. The molecule has 0 bridgehead atoms. The fourth-order valence-electron chi connectivity index (χ4n) is 4.58. The monoisotopic (exact) mass is 566 g/mol. The maximum atomic E-state index is 13.7. The number of halogens is 3. The summed E-state index contributed by atoms with van der Waals surface area (Å²) < 4.78 is 43.5. The summed E-state index contributed by atoms with van der Waals surface area (Å²) in [6, 6.07) is 6.79. The molecular formula is C26H25F3N10O2. The summed E-state index contributed by atoms with van der Waals surface area (Å²) in [5, 5.41) is 18.2. The van der Waals surface area contributed by atoms with Crippen LogP contribution in [0.15, 0.2) is 43.0 Å². The number of carbonyl (C=O) groups excluding carboxylic acids is 2. The minimum atomic E-state index is -4.74. The van der Waals surface area contributed by atoms with Gasteiger partial charge >= 0.3 is 6.18 Å². The molecule has 0 saturated carbocycles. The number of fused-ring (bicyclic) bond motifs is 1. The first-order valence-electron chi connectivity index (χ1n) is 12.6. The van der Waals surface area contributed by atoms with E-state index < -0.39 is 11.9 Å². The molecule has 12 nitrogen and oxygen atoms in total. The van der Waals surface area contributed by atoms with Crippen molar-refractivity contribution in [3.05, 3.63) is 59.8 Å². The minimum absolute atomic E-state index is 0.0268. The van der Waals surface area contributed by atoms with Crippen molar-refractivity contribution in [1.82, 2.24) is 34.4 Å². The molecule has 1 aromatic carbocycles. The van der Waals surface area contributed by atoms with E-state index in [9.17, 15) is 22.8 Å². The van der Waals surface area contributed by atoms with Gasteiger partial charge in [-0.25, -0.2) is 9.97 Å². The van der Waals surface area contributed by atoms with Gasteiger partial charge < -0.3 is 21.3 Å². The van der Waals surface area contributed by atoms with Gasteiger partial charge in [0.15, 0.2) is 17.2 Å².